The highest BCUT2D eigenvalue weighted by Crippen LogP contribution is 2.43. The van der Waals surface area contributed by atoms with Crippen LogP contribution in [0.15, 0.2) is 54.7 Å². The SMILES string of the molecule is Cc1c([C@H]2[C@H](c3ccccn3)NC(=S)N2CCCN2CCOCC2)c(C)n(-c2ccccc2)c1C. The molecule has 0 saturated carbocycles. The van der Waals surface area contributed by atoms with Crippen molar-refractivity contribution in [3.63, 3.8) is 0 Å². The summed E-state index contributed by atoms with van der Waals surface area (Å²) in [5.41, 5.74) is 7.43. The molecule has 2 atom stereocenters. The summed E-state index contributed by atoms with van der Waals surface area (Å²) in [5, 5.41) is 4.45. The topological polar surface area (TPSA) is 45.6 Å². The van der Waals surface area contributed by atoms with Gasteiger partial charge in [0.1, 0.15) is 0 Å². The zero-order chi connectivity index (χ0) is 24.4. The first-order chi connectivity index (χ1) is 17.1. The van der Waals surface area contributed by atoms with Gasteiger partial charge < -0.3 is 19.5 Å². The number of hydrogen-bond donors (Lipinski definition) is 1. The Morgan fingerprint density at radius 1 is 0.971 bits per heavy atom. The number of hydrogen-bond acceptors (Lipinski definition) is 4. The normalized spacial score (nSPS) is 20.9. The molecule has 0 bridgehead atoms. The van der Waals surface area contributed by atoms with Crippen LogP contribution in [0.1, 0.15) is 46.7 Å². The molecule has 2 fully saturated rings. The van der Waals surface area contributed by atoms with Gasteiger partial charge in [-0.2, -0.15) is 0 Å². The van der Waals surface area contributed by atoms with Gasteiger partial charge in [0.15, 0.2) is 5.11 Å². The van der Waals surface area contributed by atoms with Crippen LogP contribution < -0.4 is 5.32 Å². The largest absolute Gasteiger partial charge is 0.379 e. The molecule has 3 aromatic rings. The van der Waals surface area contributed by atoms with E-state index in [1.165, 1.54) is 28.2 Å². The van der Waals surface area contributed by atoms with E-state index in [4.69, 9.17) is 21.9 Å². The molecule has 0 aliphatic carbocycles. The number of para-hydroxylation sites is 1. The fourth-order valence-corrected chi connectivity index (χ4v) is 5.99. The molecule has 35 heavy (non-hydrogen) atoms. The number of nitrogens with zero attached hydrogens (tertiary/aromatic N) is 4. The maximum Gasteiger partial charge on any atom is 0.170 e. The minimum atomic E-state index is 0.00973. The summed E-state index contributed by atoms with van der Waals surface area (Å²) in [6.07, 6.45) is 2.93. The van der Waals surface area contributed by atoms with Gasteiger partial charge in [-0.3, -0.25) is 9.88 Å². The van der Waals surface area contributed by atoms with Crippen molar-refractivity contribution in [2.75, 3.05) is 39.4 Å². The van der Waals surface area contributed by atoms with Gasteiger partial charge in [0, 0.05) is 55.0 Å². The Morgan fingerprint density at radius 2 is 1.71 bits per heavy atom. The number of ether oxygens (including phenoxy) is 1. The van der Waals surface area contributed by atoms with Crippen LogP contribution >= 0.6 is 12.2 Å². The van der Waals surface area contributed by atoms with E-state index >= 15 is 0 Å². The van der Waals surface area contributed by atoms with Crippen LogP contribution in [-0.4, -0.2) is 63.9 Å². The van der Waals surface area contributed by atoms with Crippen molar-refractivity contribution in [2.45, 2.75) is 39.3 Å². The van der Waals surface area contributed by atoms with Crippen molar-refractivity contribution in [3.05, 3.63) is 82.9 Å². The monoisotopic (exact) mass is 489 g/mol. The van der Waals surface area contributed by atoms with E-state index in [1.54, 1.807) is 0 Å². The molecule has 0 unspecified atom stereocenters. The summed E-state index contributed by atoms with van der Waals surface area (Å²) in [7, 11) is 0. The lowest BCUT2D eigenvalue weighted by Gasteiger charge is -2.31. The molecule has 0 amide bonds. The average molecular weight is 490 g/mol. The van der Waals surface area contributed by atoms with Crippen molar-refractivity contribution in [1.29, 1.82) is 0 Å². The van der Waals surface area contributed by atoms with E-state index in [1.807, 2.05) is 12.3 Å². The van der Waals surface area contributed by atoms with Gasteiger partial charge in [-0.15, -0.1) is 0 Å². The highest BCUT2D eigenvalue weighted by molar-refractivity contribution is 7.80. The van der Waals surface area contributed by atoms with Crippen molar-refractivity contribution in [3.8, 4) is 5.69 Å². The van der Waals surface area contributed by atoms with Gasteiger partial charge in [-0.05, 0) is 69.2 Å². The van der Waals surface area contributed by atoms with E-state index in [2.05, 4.69) is 82.9 Å². The third kappa shape index (κ3) is 4.73. The molecule has 4 heterocycles. The summed E-state index contributed by atoms with van der Waals surface area (Å²) in [5.74, 6) is 0. The van der Waals surface area contributed by atoms with E-state index < -0.39 is 0 Å². The van der Waals surface area contributed by atoms with Crippen molar-refractivity contribution < 1.29 is 4.74 Å². The van der Waals surface area contributed by atoms with Gasteiger partial charge >= 0.3 is 0 Å². The van der Waals surface area contributed by atoms with Gasteiger partial charge in [-0.1, -0.05) is 24.3 Å². The lowest BCUT2D eigenvalue weighted by Crippen LogP contribution is -2.39. The number of aromatic nitrogens is 2. The highest BCUT2D eigenvalue weighted by Gasteiger charge is 2.42. The van der Waals surface area contributed by atoms with Crippen molar-refractivity contribution in [2.24, 2.45) is 0 Å². The first-order valence-electron chi connectivity index (χ1n) is 12.6. The molecule has 2 aliphatic rings. The van der Waals surface area contributed by atoms with Gasteiger partial charge in [0.05, 0.1) is 31.0 Å². The number of benzene rings is 1. The van der Waals surface area contributed by atoms with Crippen LogP contribution in [0.4, 0.5) is 0 Å². The molecule has 2 aliphatic heterocycles. The van der Waals surface area contributed by atoms with Gasteiger partial charge in [0.2, 0.25) is 0 Å². The molecule has 6 nitrogen and oxygen atoms in total. The smallest absolute Gasteiger partial charge is 0.170 e. The van der Waals surface area contributed by atoms with Crippen LogP contribution in [0.5, 0.6) is 0 Å². The Hall–Kier alpha value is -2.74. The van der Waals surface area contributed by atoms with Crippen molar-refractivity contribution in [1.82, 2.24) is 24.7 Å². The van der Waals surface area contributed by atoms with Crippen LogP contribution in [0.25, 0.3) is 5.69 Å². The third-order valence-corrected chi connectivity index (χ3v) is 7.84. The molecule has 1 aromatic carbocycles. The number of nitrogens with one attached hydrogen (secondary N) is 1. The first-order valence-corrected chi connectivity index (χ1v) is 13.0. The Bertz CT molecular complexity index is 1160. The van der Waals surface area contributed by atoms with Crippen LogP contribution in [0.2, 0.25) is 0 Å². The van der Waals surface area contributed by atoms with Crippen molar-refractivity contribution >= 4 is 17.3 Å². The molecule has 0 radical (unpaired) electrons. The number of thiocarbonyl (C=S) groups is 1. The van der Waals surface area contributed by atoms with E-state index in [0.29, 0.717) is 0 Å². The molecule has 184 valence electrons. The van der Waals surface area contributed by atoms with E-state index in [-0.39, 0.29) is 12.1 Å². The Morgan fingerprint density at radius 3 is 2.43 bits per heavy atom. The quantitative estimate of drug-likeness (QED) is 0.494. The maximum absolute atomic E-state index is 5.93. The summed E-state index contributed by atoms with van der Waals surface area (Å²) in [6.45, 7) is 12.4. The molecule has 1 N–H and O–H groups in total. The fourth-order valence-electron chi connectivity index (χ4n) is 5.66. The molecule has 5 rings (SSSR count). The summed E-state index contributed by atoms with van der Waals surface area (Å²) < 4.78 is 7.90. The second kappa shape index (κ2) is 10.5. The van der Waals surface area contributed by atoms with Crippen LogP contribution in [0.3, 0.4) is 0 Å². The minimum Gasteiger partial charge on any atom is -0.379 e. The molecule has 7 heteroatoms. The van der Waals surface area contributed by atoms with E-state index in [0.717, 1.165) is 56.6 Å². The Balaban J connectivity index is 1.51. The summed E-state index contributed by atoms with van der Waals surface area (Å²) in [6, 6.07) is 16.9. The molecular formula is C28H35N5OS. The van der Waals surface area contributed by atoms with Crippen LogP contribution in [-0.2, 0) is 4.74 Å². The number of pyridine rings is 1. The zero-order valence-electron chi connectivity index (χ0n) is 20.9. The maximum atomic E-state index is 5.93. The minimum absolute atomic E-state index is 0.00973. The average Bonchev–Trinajstić information content (AvgIpc) is 3.32. The fraction of sp³-hybridized carbons (Fsp3) is 0.429. The predicted octanol–water partition coefficient (Wildman–Crippen LogP) is 4.49. The molecular weight excluding hydrogens is 454 g/mol. The second-order valence-electron chi connectivity index (χ2n) is 9.51. The predicted molar refractivity (Wildman–Crippen MR) is 144 cm³/mol. The number of morpholine rings is 1. The standard InChI is InChI=1S/C28H35N5OS/c1-20-21(2)33(23-10-5-4-6-11-23)22(3)25(20)27-26(24-12-7-8-13-29-24)30-28(35)32(27)15-9-14-31-16-18-34-19-17-31/h4-8,10-13,26-27H,9,14-19H2,1-3H3,(H,30,35)/t26-,27-/m0/s1. The van der Waals surface area contributed by atoms with E-state index in [9.17, 15) is 0 Å². The Labute approximate surface area is 213 Å². The lowest BCUT2D eigenvalue weighted by molar-refractivity contribution is 0.0365. The Kier molecular flexibility index (Phi) is 7.18. The van der Waals surface area contributed by atoms with Gasteiger partial charge in [-0.25, -0.2) is 0 Å². The van der Waals surface area contributed by atoms with Gasteiger partial charge in [0.25, 0.3) is 0 Å². The first kappa shape index (κ1) is 24.0. The third-order valence-electron chi connectivity index (χ3n) is 7.49. The number of rotatable bonds is 7. The molecule has 2 aromatic heterocycles. The summed E-state index contributed by atoms with van der Waals surface area (Å²) in [4.78, 5) is 9.62. The summed E-state index contributed by atoms with van der Waals surface area (Å²) >= 11 is 5.93. The van der Waals surface area contributed by atoms with Crippen LogP contribution in [0, 0.1) is 20.8 Å². The lowest BCUT2D eigenvalue weighted by atomic mass is 9.93. The molecule has 0 spiro atoms. The highest BCUT2D eigenvalue weighted by atomic mass is 32.1. The zero-order valence-corrected chi connectivity index (χ0v) is 21.7. The molecule has 2 saturated heterocycles. The second-order valence-corrected chi connectivity index (χ2v) is 9.89.